The molecule has 4 nitrogen and oxygen atoms in total. The van der Waals surface area contributed by atoms with Crippen molar-refractivity contribution in [2.75, 3.05) is 26.2 Å². The quantitative estimate of drug-likeness (QED) is 0.849. The number of nitrogens with one attached hydrogen (secondary N) is 1. The molecular weight excluding hydrogens is 322 g/mol. The van der Waals surface area contributed by atoms with Crippen LogP contribution in [-0.2, 0) is 7.05 Å². The lowest BCUT2D eigenvalue weighted by Gasteiger charge is -2.32. The summed E-state index contributed by atoms with van der Waals surface area (Å²) in [7, 11) is 2.08. The molecule has 1 unspecified atom stereocenters. The van der Waals surface area contributed by atoms with Gasteiger partial charge in [-0.05, 0) is 69.3 Å². The van der Waals surface area contributed by atoms with Gasteiger partial charge in [0.15, 0.2) is 0 Å². The molecule has 2 aromatic rings. The van der Waals surface area contributed by atoms with Gasteiger partial charge in [-0.1, -0.05) is 13.3 Å². The van der Waals surface area contributed by atoms with E-state index in [1.54, 1.807) is 0 Å². The Hall–Kier alpha value is -1.81. The number of benzene rings is 1. The molecule has 1 aromatic carbocycles. The molecule has 0 spiro atoms. The Morgan fingerprint density at radius 1 is 1.31 bits per heavy atom. The fraction of sp³-hybridized carbons (Fsp3) is 0.591. The number of rotatable bonds is 6. The Bertz CT molecular complexity index is 775. The van der Waals surface area contributed by atoms with Gasteiger partial charge in [0.2, 0.25) is 0 Å². The number of hydrogen-bond acceptors (Lipinski definition) is 2. The molecular formula is C22H33N3O. The van der Waals surface area contributed by atoms with Crippen molar-refractivity contribution in [1.29, 1.82) is 0 Å². The zero-order valence-corrected chi connectivity index (χ0v) is 16.8. The second-order valence-corrected chi connectivity index (χ2v) is 7.85. The predicted octanol–water partition coefficient (Wildman–Crippen LogP) is 4.04. The molecule has 0 bridgehead atoms. The molecule has 0 radical (unpaired) electrons. The van der Waals surface area contributed by atoms with Crippen LogP contribution in [0.1, 0.15) is 54.2 Å². The van der Waals surface area contributed by atoms with Crippen LogP contribution in [0.3, 0.4) is 0 Å². The summed E-state index contributed by atoms with van der Waals surface area (Å²) in [5, 5.41) is 4.29. The van der Waals surface area contributed by atoms with Crippen molar-refractivity contribution in [1.82, 2.24) is 14.8 Å². The molecule has 1 aliphatic rings. The number of aromatic nitrogens is 1. The van der Waals surface area contributed by atoms with Gasteiger partial charge in [0, 0.05) is 48.8 Å². The molecule has 142 valence electrons. The second-order valence-electron chi connectivity index (χ2n) is 7.85. The van der Waals surface area contributed by atoms with Crippen molar-refractivity contribution in [3.8, 4) is 0 Å². The third-order valence-corrected chi connectivity index (χ3v) is 6.08. The van der Waals surface area contributed by atoms with Crippen LogP contribution < -0.4 is 5.32 Å². The van der Waals surface area contributed by atoms with E-state index in [1.807, 2.05) is 12.1 Å². The first kappa shape index (κ1) is 19.0. The van der Waals surface area contributed by atoms with Crippen molar-refractivity contribution >= 4 is 16.8 Å². The highest BCUT2D eigenvalue weighted by Crippen LogP contribution is 2.25. The van der Waals surface area contributed by atoms with Crippen LogP contribution in [0.15, 0.2) is 18.2 Å². The fourth-order valence-electron chi connectivity index (χ4n) is 4.33. The molecule has 1 aromatic heterocycles. The van der Waals surface area contributed by atoms with Crippen LogP contribution in [0.5, 0.6) is 0 Å². The third kappa shape index (κ3) is 3.96. The lowest BCUT2D eigenvalue weighted by Crippen LogP contribution is -2.40. The molecule has 2 heterocycles. The lowest BCUT2D eigenvalue weighted by atomic mass is 9.94. The highest BCUT2D eigenvalue weighted by atomic mass is 16.1. The summed E-state index contributed by atoms with van der Waals surface area (Å²) in [4.78, 5) is 15.1. The summed E-state index contributed by atoms with van der Waals surface area (Å²) in [6.45, 7) is 10.6. The van der Waals surface area contributed by atoms with Crippen LogP contribution in [0, 0.1) is 19.8 Å². The molecule has 3 rings (SSSR count). The minimum absolute atomic E-state index is 0.0370. The molecule has 1 amide bonds. The van der Waals surface area contributed by atoms with Gasteiger partial charge in [0.1, 0.15) is 0 Å². The van der Waals surface area contributed by atoms with Gasteiger partial charge in [-0.15, -0.1) is 0 Å². The normalized spacial score (nSPS) is 18.4. The van der Waals surface area contributed by atoms with Gasteiger partial charge in [0.05, 0.1) is 0 Å². The van der Waals surface area contributed by atoms with E-state index in [0.29, 0.717) is 0 Å². The molecule has 1 N–H and O–H groups in total. The van der Waals surface area contributed by atoms with Crippen molar-refractivity contribution in [2.45, 2.75) is 46.5 Å². The number of amides is 1. The Kier molecular flexibility index (Phi) is 6.02. The molecule has 1 atom stereocenters. The molecule has 1 saturated heterocycles. The maximum absolute atomic E-state index is 12.6. The third-order valence-electron chi connectivity index (χ3n) is 6.08. The molecule has 26 heavy (non-hydrogen) atoms. The van der Waals surface area contributed by atoms with Crippen molar-refractivity contribution < 1.29 is 4.79 Å². The van der Waals surface area contributed by atoms with Gasteiger partial charge in [-0.3, -0.25) is 4.79 Å². The molecule has 1 aliphatic heterocycles. The summed E-state index contributed by atoms with van der Waals surface area (Å²) in [6, 6.07) is 6.03. The number of likely N-dealkylation sites (tertiary alicyclic amines) is 1. The van der Waals surface area contributed by atoms with Crippen LogP contribution in [-0.4, -0.2) is 41.6 Å². The van der Waals surface area contributed by atoms with E-state index in [4.69, 9.17) is 0 Å². The molecule has 0 saturated carbocycles. The van der Waals surface area contributed by atoms with E-state index < -0.39 is 0 Å². The maximum atomic E-state index is 12.6. The Balaban J connectivity index is 1.57. The maximum Gasteiger partial charge on any atom is 0.251 e. The van der Waals surface area contributed by atoms with Gasteiger partial charge < -0.3 is 14.8 Å². The standard InChI is InChI=1S/C22H33N3O/c1-5-7-18-8-6-12-25(15-18)13-11-23-22(26)19-9-10-21-20(14-19)16(2)17(3)24(21)4/h9-10,14,18H,5-8,11-13,15H2,1-4H3,(H,23,26). The van der Waals surface area contributed by atoms with Gasteiger partial charge >= 0.3 is 0 Å². The zero-order valence-electron chi connectivity index (χ0n) is 16.8. The number of piperidine rings is 1. The average Bonchev–Trinajstić information content (AvgIpc) is 2.86. The monoisotopic (exact) mass is 355 g/mol. The van der Waals surface area contributed by atoms with Crippen molar-refractivity contribution in [3.63, 3.8) is 0 Å². The minimum Gasteiger partial charge on any atom is -0.351 e. The summed E-state index contributed by atoms with van der Waals surface area (Å²) >= 11 is 0. The van der Waals surface area contributed by atoms with E-state index in [1.165, 1.54) is 60.9 Å². The van der Waals surface area contributed by atoms with Gasteiger partial charge in [0.25, 0.3) is 5.91 Å². The summed E-state index contributed by atoms with van der Waals surface area (Å²) in [5.74, 6) is 0.881. The topological polar surface area (TPSA) is 37.3 Å². The Morgan fingerprint density at radius 2 is 2.12 bits per heavy atom. The lowest BCUT2D eigenvalue weighted by molar-refractivity contribution is 0.0942. The molecule has 4 heteroatoms. The highest BCUT2D eigenvalue weighted by molar-refractivity contribution is 5.99. The Morgan fingerprint density at radius 3 is 2.88 bits per heavy atom. The van der Waals surface area contributed by atoms with Crippen LogP contribution in [0.4, 0.5) is 0 Å². The van der Waals surface area contributed by atoms with Gasteiger partial charge in [-0.2, -0.15) is 0 Å². The Labute approximate surface area is 157 Å². The number of carbonyl (C=O) groups excluding carboxylic acids is 1. The minimum atomic E-state index is 0.0370. The number of hydrogen-bond donors (Lipinski definition) is 1. The first-order chi connectivity index (χ1) is 12.5. The van der Waals surface area contributed by atoms with E-state index in [9.17, 15) is 4.79 Å². The van der Waals surface area contributed by atoms with Crippen LogP contribution >= 0.6 is 0 Å². The number of aryl methyl sites for hydroxylation is 2. The smallest absolute Gasteiger partial charge is 0.251 e. The van der Waals surface area contributed by atoms with Crippen molar-refractivity contribution in [2.24, 2.45) is 13.0 Å². The first-order valence-electron chi connectivity index (χ1n) is 10.1. The summed E-state index contributed by atoms with van der Waals surface area (Å²) in [6.07, 6.45) is 5.27. The first-order valence-corrected chi connectivity index (χ1v) is 10.1. The van der Waals surface area contributed by atoms with E-state index >= 15 is 0 Å². The van der Waals surface area contributed by atoms with Gasteiger partial charge in [-0.25, -0.2) is 0 Å². The number of nitrogens with zero attached hydrogens (tertiary/aromatic N) is 2. The average molecular weight is 356 g/mol. The predicted molar refractivity (Wildman–Crippen MR) is 109 cm³/mol. The largest absolute Gasteiger partial charge is 0.351 e. The van der Waals surface area contributed by atoms with E-state index in [0.717, 1.165) is 24.6 Å². The van der Waals surface area contributed by atoms with Crippen LogP contribution in [0.25, 0.3) is 10.9 Å². The fourth-order valence-corrected chi connectivity index (χ4v) is 4.33. The number of fused-ring (bicyclic) bond motifs is 1. The van der Waals surface area contributed by atoms with Crippen LogP contribution in [0.2, 0.25) is 0 Å². The SMILES string of the molecule is CCCC1CCCN(CCNC(=O)c2ccc3c(c2)c(C)c(C)n3C)C1. The second kappa shape index (κ2) is 8.26. The number of carbonyl (C=O) groups is 1. The van der Waals surface area contributed by atoms with Crippen molar-refractivity contribution in [3.05, 3.63) is 35.0 Å². The highest BCUT2D eigenvalue weighted by Gasteiger charge is 2.19. The summed E-state index contributed by atoms with van der Waals surface area (Å²) in [5.41, 5.74) is 4.46. The molecule has 0 aliphatic carbocycles. The molecule has 1 fully saturated rings. The van der Waals surface area contributed by atoms with E-state index in [2.05, 4.69) is 48.7 Å². The zero-order chi connectivity index (χ0) is 18.7. The summed E-state index contributed by atoms with van der Waals surface area (Å²) < 4.78 is 2.19. The van der Waals surface area contributed by atoms with E-state index in [-0.39, 0.29) is 5.91 Å².